The zero-order chi connectivity index (χ0) is 15.3. The molecule has 6 heteroatoms. The van der Waals surface area contributed by atoms with Crippen LogP contribution >= 0.6 is 0 Å². The van der Waals surface area contributed by atoms with Crippen LogP contribution < -0.4 is 10.1 Å². The number of ether oxygens (including phenoxy) is 2. The van der Waals surface area contributed by atoms with E-state index >= 15 is 0 Å². The zero-order valence-electron chi connectivity index (χ0n) is 12.8. The number of hydrogen-bond acceptors (Lipinski definition) is 5. The van der Waals surface area contributed by atoms with Crippen molar-refractivity contribution in [1.82, 2.24) is 15.2 Å². The number of nitrogens with zero attached hydrogens (tertiary/aromatic N) is 2. The highest BCUT2D eigenvalue weighted by molar-refractivity contribution is 5.68. The van der Waals surface area contributed by atoms with Crippen molar-refractivity contribution in [3.8, 4) is 5.75 Å². The molecule has 1 amide bonds. The molecule has 1 aliphatic rings. The summed E-state index contributed by atoms with van der Waals surface area (Å²) in [4.78, 5) is 17.8. The first-order chi connectivity index (χ1) is 9.94. The third kappa shape index (κ3) is 5.23. The van der Waals surface area contributed by atoms with E-state index in [2.05, 4.69) is 10.3 Å². The van der Waals surface area contributed by atoms with Crippen LogP contribution in [0.4, 0.5) is 4.79 Å². The lowest BCUT2D eigenvalue weighted by molar-refractivity contribution is 0.0178. The Hall–Kier alpha value is -1.82. The van der Waals surface area contributed by atoms with Crippen molar-refractivity contribution >= 4 is 6.09 Å². The normalized spacial score (nSPS) is 19.2. The summed E-state index contributed by atoms with van der Waals surface area (Å²) in [5, 5.41) is 3.34. The number of amides is 1. The van der Waals surface area contributed by atoms with Crippen molar-refractivity contribution in [2.45, 2.75) is 32.4 Å². The molecule has 0 aliphatic carbocycles. The van der Waals surface area contributed by atoms with Crippen molar-refractivity contribution in [1.29, 1.82) is 0 Å². The van der Waals surface area contributed by atoms with Crippen molar-refractivity contribution in [2.24, 2.45) is 0 Å². The first-order valence-corrected chi connectivity index (χ1v) is 7.18. The minimum Gasteiger partial charge on any atom is -0.490 e. The number of hydrogen-bond donors (Lipinski definition) is 1. The summed E-state index contributed by atoms with van der Waals surface area (Å²) in [6, 6.07) is 3.78. The van der Waals surface area contributed by atoms with Gasteiger partial charge in [0.2, 0.25) is 0 Å². The van der Waals surface area contributed by atoms with E-state index < -0.39 is 5.60 Å². The minimum absolute atomic E-state index is 0.0893. The van der Waals surface area contributed by atoms with Gasteiger partial charge < -0.3 is 19.7 Å². The van der Waals surface area contributed by atoms with E-state index in [-0.39, 0.29) is 12.1 Å². The third-order valence-corrected chi connectivity index (χ3v) is 2.99. The molecule has 6 nitrogen and oxygen atoms in total. The molecule has 0 spiro atoms. The van der Waals surface area contributed by atoms with Crippen molar-refractivity contribution < 1.29 is 14.3 Å². The Morgan fingerprint density at radius 3 is 3.00 bits per heavy atom. The molecular formula is C15H23N3O3. The minimum atomic E-state index is -0.469. The molecule has 1 fully saturated rings. The van der Waals surface area contributed by atoms with E-state index in [1.54, 1.807) is 17.3 Å². The standard InChI is InChI=1S/C15H23N3O3/c1-15(2,3)21-14(19)18-8-7-17-12(10-18)11-20-13-5-4-6-16-9-13/h4-6,9,12,17H,7-8,10-11H2,1-3H3. The summed E-state index contributed by atoms with van der Waals surface area (Å²) in [5.41, 5.74) is -0.469. The van der Waals surface area contributed by atoms with Crippen LogP contribution in [0.3, 0.4) is 0 Å². The quantitative estimate of drug-likeness (QED) is 0.918. The van der Waals surface area contributed by atoms with Gasteiger partial charge in [-0.3, -0.25) is 4.98 Å². The van der Waals surface area contributed by atoms with Crippen LogP contribution in [-0.4, -0.2) is 53.9 Å². The fourth-order valence-electron chi connectivity index (χ4n) is 2.06. The average molecular weight is 293 g/mol. The van der Waals surface area contributed by atoms with Gasteiger partial charge in [0.1, 0.15) is 18.0 Å². The molecule has 1 saturated heterocycles. The van der Waals surface area contributed by atoms with Gasteiger partial charge in [-0.2, -0.15) is 0 Å². The van der Waals surface area contributed by atoms with Gasteiger partial charge in [-0.05, 0) is 32.9 Å². The van der Waals surface area contributed by atoms with E-state index in [0.29, 0.717) is 19.7 Å². The number of nitrogens with one attached hydrogen (secondary N) is 1. The van der Waals surface area contributed by atoms with Crippen LogP contribution in [0.15, 0.2) is 24.5 Å². The number of carbonyl (C=O) groups is 1. The van der Waals surface area contributed by atoms with Crippen molar-refractivity contribution in [2.75, 3.05) is 26.2 Å². The molecule has 1 atom stereocenters. The lowest BCUT2D eigenvalue weighted by atomic mass is 10.2. The molecule has 1 N–H and O–H groups in total. The van der Waals surface area contributed by atoms with Gasteiger partial charge in [-0.25, -0.2) is 4.79 Å². The second kappa shape index (κ2) is 6.76. The summed E-state index contributed by atoms with van der Waals surface area (Å²) in [7, 11) is 0. The second-order valence-electron chi connectivity index (χ2n) is 6.08. The molecule has 1 aliphatic heterocycles. The maximum absolute atomic E-state index is 12.1. The average Bonchev–Trinajstić information content (AvgIpc) is 2.45. The van der Waals surface area contributed by atoms with Gasteiger partial charge in [-0.15, -0.1) is 0 Å². The van der Waals surface area contributed by atoms with Gasteiger partial charge in [0.05, 0.1) is 12.2 Å². The van der Waals surface area contributed by atoms with Gasteiger partial charge in [0.15, 0.2) is 0 Å². The van der Waals surface area contributed by atoms with Gasteiger partial charge in [-0.1, -0.05) is 0 Å². The molecule has 0 bridgehead atoms. The highest BCUT2D eigenvalue weighted by atomic mass is 16.6. The van der Waals surface area contributed by atoms with E-state index in [1.165, 1.54) is 0 Å². The molecule has 0 radical (unpaired) electrons. The van der Waals surface area contributed by atoms with Crippen LogP contribution in [-0.2, 0) is 4.74 Å². The fraction of sp³-hybridized carbons (Fsp3) is 0.600. The first-order valence-electron chi connectivity index (χ1n) is 7.18. The molecule has 21 heavy (non-hydrogen) atoms. The van der Waals surface area contributed by atoms with Crippen LogP contribution in [0.2, 0.25) is 0 Å². The van der Waals surface area contributed by atoms with Crippen LogP contribution in [0.5, 0.6) is 5.75 Å². The van der Waals surface area contributed by atoms with E-state index in [9.17, 15) is 4.79 Å². The molecular weight excluding hydrogens is 270 g/mol. The predicted molar refractivity (Wildman–Crippen MR) is 79.3 cm³/mol. The summed E-state index contributed by atoms with van der Waals surface area (Å²) in [6.45, 7) is 8.07. The van der Waals surface area contributed by atoms with Gasteiger partial charge in [0, 0.05) is 25.8 Å². The lowest BCUT2D eigenvalue weighted by Gasteiger charge is -2.34. The predicted octanol–water partition coefficient (Wildman–Crippen LogP) is 1.67. The van der Waals surface area contributed by atoms with E-state index in [0.717, 1.165) is 12.3 Å². The first kappa shape index (κ1) is 15.6. The maximum Gasteiger partial charge on any atom is 0.410 e. The highest BCUT2D eigenvalue weighted by Gasteiger charge is 2.27. The number of pyridine rings is 1. The molecule has 0 saturated carbocycles. The highest BCUT2D eigenvalue weighted by Crippen LogP contribution is 2.12. The van der Waals surface area contributed by atoms with Crippen LogP contribution in [0.1, 0.15) is 20.8 Å². The summed E-state index contributed by atoms with van der Waals surface area (Å²) in [5.74, 6) is 0.730. The number of piperazine rings is 1. The Labute approximate surface area is 125 Å². The second-order valence-corrected chi connectivity index (χ2v) is 6.08. The lowest BCUT2D eigenvalue weighted by Crippen LogP contribution is -2.55. The molecule has 116 valence electrons. The smallest absolute Gasteiger partial charge is 0.410 e. The molecule has 2 heterocycles. The van der Waals surface area contributed by atoms with Crippen LogP contribution in [0, 0.1) is 0 Å². The van der Waals surface area contributed by atoms with Gasteiger partial charge in [0.25, 0.3) is 0 Å². The van der Waals surface area contributed by atoms with Crippen LogP contribution in [0.25, 0.3) is 0 Å². The Morgan fingerprint density at radius 2 is 2.33 bits per heavy atom. The van der Waals surface area contributed by atoms with Crippen molar-refractivity contribution in [3.63, 3.8) is 0 Å². The molecule has 1 unspecified atom stereocenters. The number of carbonyl (C=O) groups excluding carboxylic acids is 1. The van der Waals surface area contributed by atoms with E-state index in [4.69, 9.17) is 9.47 Å². The molecule has 2 rings (SSSR count). The SMILES string of the molecule is CC(C)(C)OC(=O)N1CCNC(COc2cccnc2)C1. The van der Waals surface area contributed by atoms with Gasteiger partial charge >= 0.3 is 6.09 Å². The number of aromatic nitrogens is 1. The fourth-order valence-corrected chi connectivity index (χ4v) is 2.06. The summed E-state index contributed by atoms with van der Waals surface area (Å²) in [6.07, 6.45) is 3.11. The molecule has 1 aromatic rings. The Balaban J connectivity index is 1.82. The Bertz CT molecular complexity index is 459. The van der Waals surface area contributed by atoms with E-state index in [1.807, 2.05) is 32.9 Å². The van der Waals surface area contributed by atoms with Crippen molar-refractivity contribution in [3.05, 3.63) is 24.5 Å². The molecule has 0 aromatic carbocycles. The maximum atomic E-state index is 12.1. The Kier molecular flexibility index (Phi) is 5.01. The largest absolute Gasteiger partial charge is 0.490 e. The zero-order valence-corrected chi connectivity index (χ0v) is 12.8. The number of rotatable bonds is 3. The Morgan fingerprint density at radius 1 is 1.52 bits per heavy atom. The molecule has 1 aromatic heterocycles. The summed E-state index contributed by atoms with van der Waals surface area (Å²) >= 11 is 0. The summed E-state index contributed by atoms with van der Waals surface area (Å²) < 4.78 is 11.1. The third-order valence-electron chi connectivity index (χ3n) is 2.99. The monoisotopic (exact) mass is 293 g/mol. The topological polar surface area (TPSA) is 63.7 Å².